The number of nitrogens with one attached hydrogen (secondary N) is 2. The summed E-state index contributed by atoms with van der Waals surface area (Å²) in [6.45, 7) is 15.0. The van der Waals surface area contributed by atoms with Gasteiger partial charge in [-0.15, -0.1) is 11.3 Å². The van der Waals surface area contributed by atoms with E-state index in [1.165, 1.54) is 50.2 Å². The first kappa shape index (κ1) is 20.2. The summed E-state index contributed by atoms with van der Waals surface area (Å²) in [5, 5.41) is 7.92. The average Bonchev–Trinajstić information content (AvgIpc) is 2.91. The summed E-state index contributed by atoms with van der Waals surface area (Å²) in [7, 11) is 0. The van der Waals surface area contributed by atoms with Crippen LogP contribution in [0.5, 0.6) is 0 Å². The molecule has 2 heterocycles. The summed E-state index contributed by atoms with van der Waals surface area (Å²) in [4.78, 5) is 13.1. The van der Waals surface area contributed by atoms with Gasteiger partial charge in [0.25, 0.3) is 0 Å². The van der Waals surface area contributed by atoms with E-state index in [-0.39, 0.29) is 0 Å². The van der Waals surface area contributed by atoms with Crippen molar-refractivity contribution in [2.75, 3.05) is 32.7 Å². The van der Waals surface area contributed by atoms with E-state index >= 15 is 0 Å². The predicted molar refractivity (Wildman–Crippen MR) is 108 cm³/mol. The molecule has 5 nitrogen and oxygen atoms in total. The molecule has 0 unspecified atom stereocenters. The number of guanidine groups is 1. The molecule has 1 aromatic rings. The van der Waals surface area contributed by atoms with Gasteiger partial charge in [-0.25, -0.2) is 9.98 Å². The van der Waals surface area contributed by atoms with E-state index in [9.17, 15) is 0 Å². The number of hydrogen-bond donors (Lipinski definition) is 2. The fourth-order valence-corrected chi connectivity index (χ4v) is 4.03. The smallest absolute Gasteiger partial charge is 0.191 e. The second-order valence-corrected chi connectivity index (χ2v) is 8.38. The monoisotopic (exact) mass is 365 g/mol. The van der Waals surface area contributed by atoms with Crippen LogP contribution in [-0.2, 0) is 6.54 Å². The van der Waals surface area contributed by atoms with Gasteiger partial charge in [0.15, 0.2) is 5.96 Å². The van der Waals surface area contributed by atoms with Gasteiger partial charge >= 0.3 is 0 Å². The van der Waals surface area contributed by atoms with Crippen molar-refractivity contribution >= 4 is 17.3 Å². The number of hydrogen-bond acceptors (Lipinski definition) is 4. The number of thiazole rings is 1. The maximum atomic E-state index is 4.71. The van der Waals surface area contributed by atoms with Crippen LogP contribution in [0.25, 0.3) is 0 Å². The third kappa shape index (κ3) is 7.32. The SMILES string of the molecule is CCNC(=NCc1sc(C)nc1C)NCCCCN1CCC(C)CC1. The molecule has 0 aromatic carbocycles. The lowest BCUT2D eigenvalue weighted by Crippen LogP contribution is -2.38. The Morgan fingerprint density at radius 2 is 2.00 bits per heavy atom. The van der Waals surface area contributed by atoms with Gasteiger partial charge in [0.1, 0.15) is 0 Å². The quantitative estimate of drug-likeness (QED) is 0.421. The molecule has 1 saturated heterocycles. The van der Waals surface area contributed by atoms with Crippen LogP contribution in [0, 0.1) is 19.8 Å². The van der Waals surface area contributed by atoms with Crippen molar-refractivity contribution < 1.29 is 0 Å². The maximum absolute atomic E-state index is 4.71. The standard InChI is InChI=1S/C19H35N5S/c1-5-20-19(22-14-18-16(3)23-17(4)25-18)21-10-6-7-11-24-12-8-15(2)9-13-24/h15H,5-14H2,1-4H3,(H2,20,21,22). The van der Waals surface area contributed by atoms with E-state index in [4.69, 9.17) is 4.99 Å². The Morgan fingerprint density at radius 3 is 2.64 bits per heavy atom. The number of piperidine rings is 1. The summed E-state index contributed by atoms with van der Waals surface area (Å²) in [5.41, 5.74) is 1.11. The van der Waals surface area contributed by atoms with Crippen molar-refractivity contribution in [1.82, 2.24) is 20.5 Å². The van der Waals surface area contributed by atoms with Crippen molar-refractivity contribution in [3.05, 3.63) is 15.6 Å². The topological polar surface area (TPSA) is 52.6 Å². The first-order chi connectivity index (χ1) is 12.1. The highest BCUT2D eigenvalue weighted by Gasteiger charge is 2.14. The minimum Gasteiger partial charge on any atom is -0.357 e. The molecule has 142 valence electrons. The number of likely N-dealkylation sites (tertiary alicyclic amines) is 1. The normalized spacial score (nSPS) is 17.0. The van der Waals surface area contributed by atoms with Crippen LogP contribution in [0.2, 0.25) is 0 Å². The third-order valence-electron chi connectivity index (χ3n) is 4.79. The Balaban J connectivity index is 1.66. The fraction of sp³-hybridized carbons (Fsp3) is 0.789. The lowest BCUT2D eigenvalue weighted by atomic mass is 9.99. The van der Waals surface area contributed by atoms with Crippen molar-refractivity contribution in [2.45, 2.75) is 59.9 Å². The molecule has 0 bridgehead atoms. The van der Waals surface area contributed by atoms with Gasteiger partial charge in [-0.1, -0.05) is 6.92 Å². The Bertz CT molecular complexity index is 532. The zero-order valence-corrected chi connectivity index (χ0v) is 17.2. The van der Waals surface area contributed by atoms with Crippen LogP contribution in [0.3, 0.4) is 0 Å². The van der Waals surface area contributed by atoms with Crippen molar-refractivity contribution in [1.29, 1.82) is 0 Å². The van der Waals surface area contributed by atoms with Crippen LogP contribution >= 0.6 is 11.3 Å². The predicted octanol–water partition coefficient (Wildman–Crippen LogP) is 3.33. The molecule has 1 aromatic heterocycles. The zero-order valence-electron chi connectivity index (χ0n) is 16.4. The van der Waals surface area contributed by atoms with Crippen LogP contribution in [-0.4, -0.2) is 48.6 Å². The Hall–Kier alpha value is -1.14. The number of nitrogens with zero attached hydrogens (tertiary/aromatic N) is 3. The molecule has 1 aliphatic heterocycles. The van der Waals surface area contributed by atoms with Gasteiger partial charge in [-0.3, -0.25) is 0 Å². The summed E-state index contributed by atoms with van der Waals surface area (Å²) in [5.74, 6) is 1.84. The Kier molecular flexibility index (Phi) is 8.68. The number of aryl methyl sites for hydroxylation is 2. The number of rotatable bonds is 8. The molecule has 6 heteroatoms. The summed E-state index contributed by atoms with van der Waals surface area (Å²) in [6.07, 6.45) is 5.18. The number of aromatic nitrogens is 1. The van der Waals surface area contributed by atoms with E-state index in [1.54, 1.807) is 11.3 Å². The lowest BCUT2D eigenvalue weighted by Gasteiger charge is -2.30. The van der Waals surface area contributed by atoms with E-state index < -0.39 is 0 Å². The van der Waals surface area contributed by atoms with E-state index in [2.05, 4.69) is 48.2 Å². The Labute approximate surface area is 157 Å². The van der Waals surface area contributed by atoms with E-state index in [1.807, 2.05) is 0 Å². The van der Waals surface area contributed by atoms with Crippen molar-refractivity contribution in [3.63, 3.8) is 0 Å². The molecule has 1 aliphatic rings. The van der Waals surface area contributed by atoms with Crippen molar-refractivity contribution in [3.8, 4) is 0 Å². The molecule has 0 saturated carbocycles. The van der Waals surface area contributed by atoms with Gasteiger partial charge in [-0.2, -0.15) is 0 Å². The first-order valence-electron chi connectivity index (χ1n) is 9.76. The molecule has 0 radical (unpaired) electrons. The summed E-state index contributed by atoms with van der Waals surface area (Å²) >= 11 is 1.74. The first-order valence-corrected chi connectivity index (χ1v) is 10.6. The highest BCUT2D eigenvalue weighted by molar-refractivity contribution is 7.11. The van der Waals surface area contributed by atoms with Crippen LogP contribution < -0.4 is 10.6 Å². The molecule has 25 heavy (non-hydrogen) atoms. The highest BCUT2D eigenvalue weighted by Crippen LogP contribution is 2.18. The van der Waals surface area contributed by atoms with Crippen LogP contribution in [0.15, 0.2) is 4.99 Å². The van der Waals surface area contributed by atoms with Gasteiger partial charge in [-0.05, 0) is 72.0 Å². The van der Waals surface area contributed by atoms with Gasteiger partial charge in [0, 0.05) is 18.0 Å². The highest BCUT2D eigenvalue weighted by atomic mass is 32.1. The molecule has 0 aliphatic carbocycles. The number of unbranched alkanes of at least 4 members (excludes halogenated alkanes) is 1. The molecule has 0 atom stereocenters. The van der Waals surface area contributed by atoms with E-state index in [0.29, 0.717) is 6.54 Å². The molecule has 0 spiro atoms. The lowest BCUT2D eigenvalue weighted by molar-refractivity contribution is 0.189. The fourth-order valence-electron chi connectivity index (χ4n) is 3.17. The molecule has 2 rings (SSSR count). The Morgan fingerprint density at radius 1 is 1.24 bits per heavy atom. The molecule has 1 fully saturated rings. The molecule has 2 N–H and O–H groups in total. The van der Waals surface area contributed by atoms with Crippen LogP contribution in [0.1, 0.15) is 55.1 Å². The van der Waals surface area contributed by atoms with Gasteiger partial charge in [0.05, 0.1) is 17.2 Å². The van der Waals surface area contributed by atoms with Crippen LogP contribution in [0.4, 0.5) is 0 Å². The number of aliphatic imine (C=N–C) groups is 1. The second kappa shape index (κ2) is 10.8. The third-order valence-corrected chi connectivity index (χ3v) is 5.85. The second-order valence-electron chi connectivity index (χ2n) is 7.09. The van der Waals surface area contributed by atoms with E-state index in [0.717, 1.165) is 35.7 Å². The summed E-state index contributed by atoms with van der Waals surface area (Å²) in [6, 6.07) is 0. The minimum atomic E-state index is 0.707. The van der Waals surface area contributed by atoms with Gasteiger partial charge < -0.3 is 15.5 Å². The zero-order chi connectivity index (χ0) is 18.1. The largest absolute Gasteiger partial charge is 0.357 e. The molecular formula is C19H35N5S. The summed E-state index contributed by atoms with van der Waals surface area (Å²) < 4.78 is 0. The molecule has 0 amide bonds. The van der Waals surface area contributed by atoms with Gasteiger partial charge in [0.2, 0.25) is 0 Å². The molecular weight excluding hydrogens is 330 g/mol. The average molecular weight is 366 g/mol. The van der Waals surface area contributed by atoms with Crippen molar-refractivity contribution in [2.24, 2.45) is 10.9 Å². The minimum absolute atomic E-state index is 0.707. The maximum Gasteiger partial charge on any atom is 0.191 e.